The van der Waals surface area contributed by atoms with Crippen molar-refractivity contribution >= 4 is 23.7 Å². The molecule has 1 aliphatic carbocycles. The van der Waals surface area contributed by atoms with E-state index in [1.807, 2.05) is 25.6 Å². The molecule has 2 unspecified atom stereocenters. The van der Waals surface area contributed by atoms with Crippen LogP contribution in [0.2, 0.25) is 0 Å². The van der Waals surface area contributed by atoms with Gasteiger partial charge in [-0.1, -0.05) is 12.8 Å². The van der Waals surface area contributed by atoms with Crippen molar-refractivity contribution in [2.45, 2.75) is 56.9 Å². The van der Waals surface area contributed by atoms with Crippen molar-refractivity contribution in [2.75, 3.05) is 17.3 Å². The molecular weight excluding hydrogens is 274 g/mol. The van der Waals surface area contributed by atoms with Crippen LogP contribution in [0.5, 0.6) is 6.01 Å². The van der Waals surface area contributed by atoms with E-state index in [1.54, 1.807) is 0 Å². The first-order valence-electron chi connectivity index (χ1n) is 7.06. The van der Waals surface area contributed by atoms with Crippen molar-refractivity contribution in [1.29, 1.82) is 0 Å². The molecule has 0 bridgehead atoms. The van der Waals surface area contributed by atoms with Crippen molar-refractivity contribution in [3.05, 3.63) is 0 Å². The summed E-state index contributed by atoms with van der Waals surface area (Å²) in [5.74, 6) is 0.703. The predicted octanol–water partition coefficient (Wildman–Crippen LogP) is 2.33. The van der Waals surface area contributed by atoms with Gasteiger partial charge in [0.05, 0.1) is 6.10 Å². The third-order valence-electron chi connectivity index (χ3n) is 3.29. The summed E-state index contributed by atoms with van der Waals surface area (Å²) >= 11 is 1.90. The molecule has 0 amide bonds. The average Bonchev–Trinajstić information content (AvgIpc) is 2.37. The Bertz CT molecular complexity index is 443. The zero-order chi connectivity index (χ0) is 14.5. The highest BCUT2D eigenvalue weighted by Crippen LogP contribution is 2.29. The fourth-order valence-electron chi connectivity index (χ4n) is 2.41. The number of nitrogens with one attached hydrogen (secondary N) is 1. The average molecular weight is 297 g/mol. The van der Waals surface area contributed by atoms with E-state index in [1.165, 1.54) is 19.3 Å². The Labute approximate surface area is 124 Å². The van der Waals surface area contributed by atoms with Gasteiger partial charge >= 0.3 is 6.01 Å². The number of anilines is 2. The minimum Gasteiger partial charge on any atom is -0.461 e. The minimum absolute atomic E-state index is 0.0123. The van der Waals surface area contributed by atoms with E-state index in [9.17, 15) is 0 Å². The van der Waals surface area contributed by atoms with Crippen LogP contribution in [0, 0.1) is 0 Å². The molecule has 1 aromatic heterocycles. The molecule has 0 saturated heterocycles. The van der Waals surface area contributed by atoms with Crippen LogP contribution < -0.4 is 15.8 Å². The van der Waals surface area contributed by atoms with Gasteiger partial charge in [0.1, 0.15) is 0 Å². The van der Waals surface area contributed by atoms with Gasteiger partial charge in [0.2, 0.25) is 11.9 Å². The summed E-state index contributed by atoms with van der Waals surface area (Å²) in [4.78, 5) is 12.4. The van der Waals surface area contributed by atoms with Crippen molar-refractivity contribution in [2.24, 2.45) is 0 Å². The van der Waals surface area contributed by atoms with E-state index < -0.39 is 0 Å². The van der Waals surface area contributed by atoms with E-state index in [0.29, 0.717) is 17.2 Å². The Balaban J connectivity index is 2.09. The molecular formula is C13H23N5OS. The lowest BCUT2D eigenvalue weighted by Gasteiger charge is -2.30. The number of aromatic nitrogens is 3. The molecule has 6 nitrogen and oxygen atoms in total. The summed E-state index contributed by atoms with van der Waals surface area (Å²) < 4.78 is 5.49. The van der Waals surface area contributed by atoms with Crippen LogP contribution in [0.4, 0.5) is 11.9 Å². The summed E-state index contributed by atoms with van der Waals surface area (Å²) in [6.07, 6.45) is 7.07. The van der Waals surface area contributed by atoms with Gasteiger partial charge < -0.3 is 15.8 Å². The largest absolute Gasteiger partial charge is 0.461 e. The number of thioether (sulfide) groups is 1. The maximum absolute atomic E-state index is 5.72. The molecule has 2 atom stereocenters. The van der Waals surface area contributed by atoms with Crippen LogP contribution in [0.3, 0.4) is 0 Å². The van der Waals surface area contributed by atoms with Crippen molar-refractivity contribution in [1.82, 2.24) is 15.0 Å². The lowest BCUT2D eigenvalue weighted by molar-refractivity contribution is 0.222. The number of nitrogens with two attached hydrogens (primary N) is 1. The molecule has 7 heteroatoms. The van der Waals surface area contributed by atoms with Gasteiger partial charge in [-0.2, -0.15) is 26.7 Å². The van der Waals surface area contributed by atoms with Crippen LogP contribution in [-0.2, 0) is 0 Å². The normalized spacial score (nSPS) is 22.8. The summed E-state index contributed by atoms with van der Waals surface area (Å²) in [5, 5.41) is 3.99. The Morgan fingerprint density at radius 1 is 1.25 bits per heavy atom. The van der Waals surface area contributed by atoms with Crippen molar-refractivity contribution < 1.29 is 4.74 Å². The second kappa shape index (κ2) is 6.97. The van der Waals surface area contributed by atoms with Crippen LogP contribution in [0.1, 0.15) is 39.5 Å². The van der Waals surface area contributed by atoms with Crippen molar-refractivity contribution in [3.63, 3.8) is 0 Å². The maximum Gasteiger partial charge on any atom is 0.323 e. The molecule has 1 heterocycles. The fourth-order valence-corrected chi connectivity index (χ4v) is 3.35. The maximum atomic E-state index is 5.72. The van der Waals surface area contributed by atoms with Gasteiger partial charge in [0.25, 0.3) is 0 Å². The zero-order valence-corrected chi connectivity index (χ0v) is 13.1. The number of nitrogen functional groups attached to an aromatic ring is 1. The third kappa shape index (κ3) is 4.13. The SMILES string of the molecule is CSC1CCCCC1Nc1nc(N)nc(OC(C)C)n1. The van der Waals surface area contributed by atoms with Gasteiger partial charge in [-0.3, -0.25) is 0 Å². The second-order valence-corrected chi connectivity index (χ2v) is 6.35. The predicted molar refractivity (Wildman–Crippen MR) is 83.2 cm³/mol. The molecule has 0 aliphatic heterocycles. The molecule has 1 saturated carbocycles. The van der Waals surface area contributed by atoms with Gasteiger partial charge in [-0.15, -0.1) is 0 Å². The standard InChI is InChI=1S/C13H23N5OS/c1-8(2)19-13-17-11(14)16-12(18-13)15-9-6-4-5-7-10(9)20-3/h8-10H,4-7H2,1-3H3,(H3,14,15,16,17,18). The molecule has 2 rings (SSSR count). The number of hydrogen-bond donors (Lipinski definition) is 2. The minimum atomic E-state index is 0.0123. The van der Waals surface area contributed by atoms with E-state index in [2.05, 4.69) is 26.5 Å². The molecule has 1 fully saturated rings. The number of ether oxygens (including phenoxy) is 1. The summed E-state index contributed by atoms with van der Waals surface area (Å²) in [7, 11) is 0. The molecule has 112 valence electrons. The third-order valence-corrected chi connectivity index (χ3v) is 4.46. The van der Waals surface area contributed by atoms with Gasteiger partial charge in [0, 0.05) is 11.3 Å². The number of nitrogens with zero attached hydrogens (tertiary/aromatic N) is 3. The first-order valence-corrected chi connectivity index (χ1v) is 8.35. The lowest BCUT2D eigenvalue weighted by Crippen LogP contribution is -2.35. The Morgan fingerprint density at radius 3 is 2.70 bits per heavy atom. The number of hydrogen-bond acceptors (Lipinski definition) is 7. The Kier molecular flexibility index (Phi) is 5.28. The molecule has 1 aromatic rings. The molecule has 1 aliphatic rings. The Morgan fingerprint density at radius 2 is 2.00 bits per heavy atom. The van der Waals surface area contributed by atoms with E-state index in [4.69, 9.17) is 10.5 Å². The molecule has 3 N–H and O–H groups in total. The van der Waals surface area contributed by atoms with Gasteiger partial charge in [-0.05, 0) is 32.9 Å². The monoisotopic (exact) mass is 297 g/mol. The van der Waals surface area contributed by atoms with Gasteiger partial charge in [-0.25, -0.2) is 0 Å². The summed E-state index contributed by atoms with van der Waals surface area (Å²) in [6.45, 7) is 3.86. The topological polar surface area (TPSA) is 86.0 Å². The van der Waals surface area contributed by atoms with Crippen LogP contribution in [-0.4, -0.2) is 38.6 Å². The molecule has 20 heavy (non-hydrogen) atoms. The summed E-state index contributed by atoms with van der Waals surface area (Å²) in [5.41, 5.74) is 5.72. The highest BCUT2D eigenvalue weighted by atomic mass is 32.2. The van der Waals surface area contributed by atoms with E-state index in [-0.39, 0.29) is 18.1 Å². The van der Waals surface area contributed by atoms with E-state index in [0.717, 1.165) is 6.42 Å². The second-order valence-electron chi connectivity index (χ2n) is 5.28. The van der Waals surface area contributed by atoms with Crippen molar-refractivity contribution in [3.8, 4) is 6.01 Å². The van der Waals surface area contributed by atoms with Gasteiger partial charge in [0.15, 0.2) is 0 Å². The molecule has 0 spiro atoms. The zero-order valence-electron chi connectivity index (χ0n) is 12.3. The van der Waals surface area contributed by atoms with Crippen LogP contribution in [0.15, 0.2) is 0 Å². The first kappa shape index (κ1) is 15.2. The molecule has 0 radical (unpaired) electrons. The quantitative estimate of drug-likeness (QED) is 0.862. The van der Waals surface area contributed by atoms with Crippen LogP contribution in [0.25, 0.3) is 0 Å². The van der Waals surface area contributed by atoms with Crippen LogP contribution >= 0.6 is 11.8 Å². The summed E-state index contributed by atoms with van der Waals surface area (Å²) in [6, 6.07) is 0.666. The molecule has 0 aromatic carbocycles. The lowest BCUT2D eigenvalue weighted by atomic mass is 9.95. The van der Waals surface area contributed by atoms with E-state index >= 15 is 0 Å². The fraction of sp³-hybridized carbons (Fsp3) is 0.769. The first-order chi connectivity index (χ1) is 9.58. The number of rotatable bonds is 5. The highest BCUT2D eigenvalue weighted by molar-refractivity contribution is 7.99. The Hall–Kier alpha value is -1.24. The smallest absolute Gasteiger partial charge is 0.323 e. The highest BCUT2D eigenvalue weighted by Gasteiger charge is 2.25.